The van der Waals surface area contributed by atoms with Crippen LogP contribution in [0.15, 0.2) is 23.1 Å². The van der Waals surface area contributed by atoms with Gasteiger partial charge in [0, 0.05) is 30.8 Å². The first-order valence-electron chi connectivity index (χ1n) is 7.41. The zero-order valence-corrected chi connectivity index (χ0v) is 13.7. The van der Waals surface area contributed by atoms with Crippen molar-refractivity contribution in [1.82, 2.24) is 5.32 Å². The lowest BCUT2D eigenvalue weighted by Gasteiger charge is -2.14. The number of halogens is 1. The molecule has 0 amide bonds. The van der Waals surface area contributed by atoms with Gasteiger partial charge in [-0.15, -0.1) is 11.8 Å². The van der Waals surface area contributed by atoms with Crippen LogP contribution in [-0.4, -0.2) is 26.0 Å². The van der Waals surface area contributed by atoms with Gasteiger partial charge in [-0.1, -0.05) is 36.6 Å². The number of hydrogen-bond acceptors (Lipinski definition) is 3. The average molecular weight is 314 g/mol. The van der Waals surface area contributed by atoms with Gasteiger partial charge in [0.25, 0.3) is 0 Å². The molecule has 0 aliphatic heterocycles. The predicted molar refractivity (Wildman–Crippen MR) is 87.7 cm³/mol. The summed E-state index contributed by atoms with van der Waals surface area (Å²) in [6.07, 6.45) is 5.58. The van der Waals surface area contributed by atoms with Crippen LogP contribution in [0.2, 0.25) is 5.02 Å². The molecule has 0 aromatic heterocycles. The van der Waals surface area contributed by atoms with Crippen LogP contribution in [0.25, 0.3) is 0 Å². The number of nitrogens with one attached hydrogen (secondary N) is 1. The maximum absolute atomic E-state index is 6.38. The fraction of sp³-hybridized carbons (Fsp3) is 0.625. The van der Waals surface area contributed by atoms with Gasteiger partial charge in [0.05, 0.1) is 11.6 Å². The highest BCUT2D eigenvalue weighted by Crippen LogP contribution is 2.35. The van der Waals surface area contributed by atoms with Crippen molar-refractivity contribution in [2.24, 2.45) is 5.92 Å². The minimum absolute atomic E-state index is 0.741. The second-order valence-electron chi connectivity index (χ2n) is 5.36. The number of methoxy groups -OCH3 is 1. The molecule has 0 bridgehead atoms. The number of rotatable bonds is 8. The van der Waals surface area contributed by atoms with E-state index in [1.165, 1.54) is 41.9 Å². The summed E-state index contributed by atoms with van der Waals surface area (Å²) in [5.74, 6) is 2.08. The van der Waals surface area contributed by atoms with Gasteiger partial charge in [-0.25, -0.2) is 0 Å². The molecule has 0 radical (unpaired) electrons. The van der Waals surface area contributed by atoms with Crippen LogP contribution in [0, 0.1) is 5.92 Å². The monoisotopic (exact) mass is 313 g/mol. The van der Waals surface area contributed by atoms with Crippen molar-refractivity contribution in [3.05, 3.63) is 28.8 Å². The minimum Gasteiger partial charge on any atom is -0.383 e. The second kappa shape index (κ2) is 8.93. The van der Waals surface area contributed by atoms with Crippen molar-refractivity contribution >= 4 is 23.4 Å². The first kappa shape index (κ1) is 16.2. The molecule has 1 aliphatic rings. The van der Waals surface area contributed by atoms with Gasteiger partial charge in [-0.3, -0.25) is 0 Å². The smallest absolute Gasteiger partial charge is 0.0587 e. The Morgan fingerprint density at radius 2 is 2.15 bits per heavy atom. The van der Waals surface area contributed by atoms with Crippen LogP contribution in [0.1, 0.15) is 31.2 Å². The van der Waals surface area contributed by atoms with Gasteiger partial charge >= 0.3 is 0 Å². The minimum atomic E-state index is 0.741. The van der Waals surface area contributed by atoms with E-state index < -0.39 is 0 Å². The third-order valence-corrected chi connectivity index (χ3v) is 5.62. The predicted octanol–water partition coefficient (Wildman–Crippen LogP) is 4.36. The van der Waals surface area contributed by atoms with E-state index >= 15 is 0 Å². The summed E-state index contributed by atoms with van der Waals surface area (Å²) in [4.78, 5) is 1.26. The van der Waals surface area contributed by atoms with E-state index in [-0.39, 0.29) is 0 Å². The summed E-state index contributed by atoms with van der Waals surface area (Å²) in [6.45, 7) is 2.47. The highest BCUT2D eigenvalue weighted by molar-refractivity contribution is 7.99. The molecule has 1 aromatic carbocycles. The van der Waals surface area contributed by atoms with Crippen LogP contribution >= 0.6 is 23.4 Å². The molecular weight excluding hydrogens is 290 g/mol. The van der Waals surface area contributed by atoms with E-state index in [0.717, 1.165) is 30.6 Å². The Morgan fingerprint density at radius 1 is 1.35 bits per heavy atom. The van der Waals surface area contributed by atoms with Gasteiger partial charge in [0.1, 0.15) is 0 Å². The van der Waals surface area contributed by atoms with Gasteiger partial charge in [-0.2, -0.15) is 0 Å². The highest BCUT2D eigenvalue weighted by Gasteiger charge is 2.16. The van der Waals surface area contributed by atoms with Crippen molar-refractivity contribution in [3.63, 3.8) is 0 Å². The molecule has 1 saturated carbocycles. The van der Waals surface area contributed by atoms with E-state index in [0.29, 0.717) is 0 Å². The fourth-order valence-electron chi connectivity index (χ4n) is 2.63. The molecule has 4 heteroatoms. The van der Waals surface area contributed by atoms with Gasteiger partial charge < -0.3 is 10.1 Å². The van der Waals surface area contributed by atoms with Crippen LogP contribution in [0.5, 0.6) is 0 Å². The fourth-order valence-corrected chi connectivity index (χ4v) is 4.25. The molecule has 20 heavy (non-hydrogen) atoms. The van der Waals surface area contributed by atoms with E-state index in [4.69, 9.17) is 16.3 Å². The summed E-state index contributed by atoms with van der Waals surface area (Å²) >= 11 is 8.31. The number of ether oxygens (including phenoxy) is 1. The summed E-state index contributed by atoms with van der Waals surface area (Å²) in [5.41, 5.74) is 1.30. The Balaban J connectivity index is 1.90. The van der Waals surface area contributed by atoms with Crippen molar-refractivity contribution in [3.8, 4) is 0 Å². The molecule has 0 saturated heterocycles. The van der Waals surface area contributed by atoms with Crippen LogP contribution in [0.4, 0.5) is 0 Å². The quantitative estimate of drug-likeness (QED) is 0.569. The molecule has 112 valence electrons. The molecule has 0 heterocycles. The zero-order valence-electron chi connectivity index (χ0n) is 12.2. The SMILES string of the molecule is COCCNCc1cccc(Cl)c1SCC1CCCC1. The zero-order chi connectivity index (χ0) is 14.2. The van der Waals surface area contributed by atoms with Crippen molar-refractivity contribution in [2.45, 2.75) is 37.1 Å². The maximum Gasteiger partial charge on any atom is 0.0587 e. The molecule has 0 atom stereocenters. The highest BCUT2D eigenvalue weighted by atomic mass is 35.5. The Labute approximate surface area is 131 Å². The van der Waals surface area contributed by atoms with Crippen LogP contribution in [-0.2, 0) is 11.3 Å². The molecule has 1 aromatic rings. The average Bonchev–Trinajstić information content (AvgIpc) is 2.96. The molecule has 2 nitrogen and oxygen atoms in total. The first-order valence-corrected chi connectivity index (χ1v) is 8.77. The topological polar surface area (TPSA) is 21.3 Å². The third-order valence-electron chi connectivity index (χ3n) is 3.79. The molecule has 2 rings (SSSR count). The Hall–Kier alpha value is -0.220. The summed E-state index contributed by atoms with van der Waals surface area (Å²) in [7, 11) is 1.73. The van der Waals surface area contributed by atoms with Crippen LogP contribution < -0.4 is 5.32 Å². The Bertz CT molecular complexity index is 407. The lowest BCUT2D eigenvalue weighted by Crippen LogP contribution is -2.19. The first-order chi connectivity index (χ1) is 9.81. The molecule has 1 aliphatic carbocycles. The molecule has 1 fully saturated rings. The van der Waals surface area contributed by atoms with E-state index in [1.807, 2.05) is 23.9 Å². The van der Waals surface area contributed by atoms with Gasteiger partial charge in [0.15, 0.2) is 0 Å². The van der Waals surface area contributed by atoms with E-state index in [9.17, 15) is 0 Å². The number of hydrogen-bond donors (Lipinski definition) is 1. The van der Waals surface area contributed by atoms with Crippen molar-refractivity contribution in [1.29, 1.82) is 0 Å². The molecule has 0 spiro atoms. The van der Waals surface area contributed by atoms with Crippen molar-refractivity contribution in [2.75, 3.05) is 26.0 Å². The normalized spacial score (nSPS) is 15.9. The van der Waals surface area contributed by atoms with Gasteiger partial charge in [-0.05, 0) is 30.4 Å². The van der Waals surface area contributed by atoms with E-state index in [2.05, 4.69) is 11.4 Å². The second-order valence-corrected chi connectivity index (χ2v) is 6.80. The van der Waals surface area contributed by atoms with Crippen LogP contribution in [0.3, 0.4) is 0 Å². The molecule has 1 N–H and O–H groups in total. The largest absolute Gasteiger partial charge is 0.383 e. The maximum atomic E-state index is 6.38. The van der Waals surface area contributed by atoms with E-state index in [1.54, 1.807) is 7.11 Å². The molecule has 0 unspecified atom stereocenters. The number of thioether (sulfide) groups is 1. The van der Waals surface area contributed by atoms with Crippen molar-refractivity contribution < 1.29 is 4.74 Å². The Morgan fingerprint density at radius 3 is 2.90 bits per heavy atom. The summed E-state index contributed by atoms with van der Waals surface area (Å²) in [5, 5.41) is 4.29. The third kappa shape index (κ3) is 4.96. The standard InChI is InChI=1S/C16H24ClNOS/c1-19-10-9-18-11-14-7-4-8-15(17)16(14)20-12-13-5-2-3-6-13/h4,7-8,13,18H,2-3,5-6,9-12H2,1H3. The number of benzene rings is 1. The summed E-state index contributed by atoms with van der Waals surface area (Å²) in [6, 6.07) is 6.20. The van der Waals surface area contributed by atoms with Gasteiger partial charge in [0.2, 0.25) is 0 Å². The lowest BCUT2D eigenvalue weighted by atomic mass is 10.1. The Kier molecular flexibility index (Phi) is 7.22. The summed E-state index contributed by atoms with van der Waals surface area (Å²) < 4.78 is 5.05. The lowest BCUT2D eigenvalue weighted by molar-refractivity contribution is 0.199. The molecular formula is C16H24ClNOS.